The number of hydrogen-bond acceptors (Lipinski definition) is 4. The molecule has 0 spiro atoms. The molecule has 2 aliphatic heterocycles. The Morgan fingerprint density at radius 1 is 1.23 bits per heavy atom. The Kier molecular flexibility index (Phi) is 5.22. The molecule has 2 heterocycles. The third kappa shape index (κ3) is 3.76. The predicted molar refractivity (Wildman–Crippen MR) is 112 cm³/mol. The number of aryl methyl sites for hydroxylation is 2. The van der Waals surface area contributed by atoms with Gasteiger partial charge in [0, 0.05) is 10.7 Å². The number of halogens is 1. The van der Waals surface area contributed by atoms with Gasteiger partial charge in [0.05, 0.1) is 17.3 Å². The van der Waals surface area contributed by atoms with Crippen LogP contribution in [0.3, 0.4) is 0 Å². The summed E-state index contributed by atoms with van der Waals surface area (Å²) >= 11 is 5.94. The minimum atomic E-state index is -0.616. The second kappa shape index (κ2) is 7.84. The molecule has 0 aromatic heterocycles. The van der Waals surface area contributed by atoms with E-state index < -0.39 is 23.9 Å². The van der Waals surface area contributed by atoms with Crippen LogP contribution < -0.4 is 10.6 Å². The number of amides is 3. The highest BCUT2D eigenvalue weighted by Crippen LogP contribution is 2.36. The number of rotatable bonds is 4. The molecule has 2 aliphatic rings. The van der Waals surface area contributed by atoms with E-state index in [1.807, 2.05) is 32.0 Å². The second-order valence-corrected chi connectivity index (χ2v) is 7.76. The molecule has 0 radical (unpaired) electrons. The van der Waals surface area contributed by atoms with E-state index in [0.29, 0.717) is 22.0 Å². The number of benzene rings is 2. The molecule has 2 aromatic carbocycles. The van der Waals surface area contributed by atoms with Crippen molar-refractivity contribution in [2.24, 2.45) is 0 Å². The number of carbonyl (C=O) groups is 3. The largest absolute Gasteiger partial charge is 0.456 e. The number of hydrogen-bond donors (Lipinski definition) is 2. The molecule has 3 amide bonds. The Hall–Kier alpha value is -3.32. The van der Waals surface area contributed by atoms with Crippen molar-refractivity contribution in [3.8, 4) is 0 Å². The first kappa shape index (κ1) is 20.0. The lowest BCUT2D eigenvalue weighted by Crippen LogP contribution is -2.49. The monoisotopic (exact) mass is 425 g/mol. The lowest BCUT2D eigenvalue weighted by Gasteiger charge is -2.33. The van der Waals surface area contributed by atoms with Crippen LogP contribution in [0.25, 0.3) is 0 Å². The number of esters is 1. The molecule has 0 saturated carbocycles. The van der Waals surface area contributed by atoms with E-state index in [4.69, 9.17) is 16.3 Å². The number of urea groups is 1. The topological polar surface area (TPSA) is 87.7 Å². The van der Waals surface area contributed by atoms with Crippen molar-refractivity contribution < 1.29 is 19.1 Å². The molecule has 0 saturated heterocycles. The molecule has 0 bridgehead atoms. The van der Waals surface area contributed by atoms with Crippen LogP contribution in [-0.2, 0) is 14.3 Å². The lowest BCUT2D eigenvalue weighted by atomic mass is 9.91. The fourth-order valence-corrected chi connectivity index (χ4v) is 3.88. The molecule has 2 aromatic rings. The van der Waals surface area contributed by atoms with Gasteiger partial charge in [0.1, 0.15) is 13.2 Å². The van der Waals surface area contributed by atoms with Crippen molar-refractivity contribution in [2.75, 3.05) is 18.5 Å². The molecule has 154 valence electrons. The van der Waals surface area contributed by atoms with E-state index in [1.54, 1.807) is 24.3 Å². The quantitative estimate of drug-likeness (QED) is 0.734. The fraction of sp³-hybridized carbons (Fsp3) is 0.227. The van der Waals surface area contributed by atoms with Crippen LogP contribution in [0.4, 0.5) is 10.5 Å². The van der Waals surface area contributed by atoms with Gasteiger partial charge >= 0.3 is 12.0 Å². The maximum atomic E-state index is 12.9. The van der Waals surface area contributed by atoms with Crippen LogP contribution in [0.2, 0.25) is 5.02 Å². The predicted octanol–water partition coefficient (Wildman–Crippen LogP) is 3.47. The molecular formula is C22H20ClN3O4. The van der Waals surface area contributed by atoms with E-state index in [2.05, 4.69) is 10.6 Å². The van der Waals surface area contributed by atoms with Crippen LogP contribution in [-0.4, -0.2) is 36.0 Å². The molecule has 1 atom stereocenters. The first-order chi connectivity index (χ1) is 14.3. The average molecular weight is 426 g/mol. The van der Waals surface area contributed by atoms with Gasteiger partial charge in [0.2, 0.25) is 5.91 Å². The second-order valence-electron chi connectivity index (χ2n) is 7.32. The minimum Gasteiger partial charge on any atom is -0.456 e. The smallest absolute Gasteiger partial charge is 0.338 e. The van der Waals surface area contributed by atoms with E-state index in [9.17, 15) is 14.4 Å². The van der Waals surface area contributed by atoms with Gasteiger partial charge in [0.15, 0.2) is 0 Å². The maximum absolute atomic E-state index is 12.9. The van der Waals surface area contributed by atoms with Crippen molar-refractivity contribution in [3.05, 3.63) is 75.4 Å². The normalized spacial score (nSPS) is 18.1. The summed E-state index contributed by atoms with van der Waals surface area (Å²) in [7, 11) is 0. The fourth-order valence-electron chi connectivity index (χ4n) is 3.69. The lowest BCUT2D eigenvalue weighted by molar-refractivity contribution is -0.136. The number of ether oxygens (including phenoxy) is 1. The Bertz CT molecular complexity index is 1100. The van der Waals surface area contributed by atoms with Crippen molar-refractivity contribution in [3.63, 3.8) is 0 Å². The van der Waals surface area contributed by atoms with Gasteiger partial charge < -0.3 is 15.4 Å². The molecule has 7 nitrogen and oxygen atoms in total. The van der Waals surface area contributed by atoms with Gasteiger partial charge in [-0.1, -0.05) is 41.4 Å². The Morgan fingerprint density at radius 2 is 2.03 bits per heavy atom. The summed E-state index contributed by atoms with van der Waals surface area (Å²) in [5.41, 5.74) is 4.09. The summed E-state index contributed by atoms with van der Waals surface area (Å²) in [4.78, 5) is 39.1. The van der Waals surface area contributed by atoms with Crippen LogP contribution in [0.15, 0.2) is 53.7 Å². The summed E-state index contributed by atoms with van der Waals surface area (Å²) in [6, 6.07) is 11.5. The van der Waals surface area contributed by atoms with Crippen LogP contribution >= 0.6 is 11.6 Å². The van der Waals surface area contributed by atoms with E-state index >= 15 is 0 Å². The maximum Gasteiger partial charge on any atom is 0.338 e. The Morgan fingerprint density at radius 3 is 2.80 bits per heavy atom. The van der Waals surface area contributed by atoms with Gasteiger partial charge in [-0.05, 0) is 43.2 Å². The zero-order valence-corrected chi connectivity index (χ0v) is 17.2. The number of nitrogens with one attached hydrogen (secondary N) is 2. The number of nitrogens with zero attached hydrogens (tertiary/aromatic N) is 1. The highest BCUT2D eigenvalue weighted by molar-refractivity contribution is 6.30. The summed E-state index contributed by atoms with van der Waals surface area (Å²) in [6.45, 7) is 3.56. The highest BCUT2D eigenvalue weighted by Gasteiger charge is 2.43. The van der Waals surface area contributed by atoms with Gasteiger partial charge in [-0.25, -0.2) is 9.59 Å². The number of anilines is 1. The molecule has 4 rings (SSSR count). The van der Waals surface area contributed by atoms with Crippen LogP contribution in [0.5, 0.6) is 0 Å². The molecule has 30 heavy (non-hydrogen) atoms. The van der Waals surface area contributed by atoms with Gasteiger partial charge in [0.25, 0.3) is 0 Å². The van der Waals surface area contributed by atoms with Crippen molar-refractivity contribution >= 4 is 35.2 Å². The standard InChI is InChI=1S/C22H20ClN3O4/c1-12-6-7-13(2)16(8-12)20-19-17(11-30-21(19)28)26(22(29)25-20)10-18(27)24-15-5-3-4-14(23)9-15/h3-9,20H,10-11H2,1-2H3,(H,24,27)(H,25,29). The summed E-state index contributed by atoms with van der Waals surface area (Å²) in [5.74, 6) is -0.903. The highest BCUT2D eigenvalue weighted by atomic mass is 35.5. The third-order valence-electron chi connectivity index (χ3n) is 5.15. The van der Waals surface area contributed by atoms with E-state index in [0.717, 1.165) is 16.7 Å². The number of cyclic esters (lactones) is 1. The van der Waals surface area contributed by atoms with Gasteiger partial charge in [-0.3, -0.25) is 9.69 Å². The zero-order chi connectivity index (χ0) is 21.4. The average Bonchev–Trinajstić information content (AvgIpc) is 3.07. The van der Waals surface area contributed by atoms with Crippen LogP contribution in [0, 0.1) is 13.8 Å². The Balaban J connectivity index is 1.63. The molecule has 0 aliphatic carbocycles. The van der Waals surface area contributed by atoms with E-state index in [1.165, 1.54) is 4.90 Å². The minimum absolute atomic E-state index is 0.0482. The SMILES string of the molecule is Cc1ccc(C)c(C2NC(=O)N(CC(=O)Nc3cccc(Cl)c3)C3=C2C(=O)OC3)c1. The third-order valence-corrected chi connectivity index (χ3v) is 5.39. The van der Waals surface area contributed by atoms with Crippen molar-refractivity contribution in [1.82, 2.24) is 10.2 Å². The van der Waals surface area contributed by atoms with Gasteiger partial charge in [-0.15, -0.1) is 0 Å². The molecule has 8 heteroatoms. The Labute approximate surface area is 178 Å². The van der Waals surface area contributed by atoms with Crippen LogP contribution in [0.1, 0.15) is 22.7 Å². The summed E-state index contributed by atoms with van der Waals surface area (Å²) < 4.78 is 5.22. The summed E-state index contributed by atoms with van der Waals surface area (Å²) in [5, 5.41) is 6.05. The molecule has 1 unspecified atom stereocenters. The van der Waals surface area contributed by atoms with Crippen molar-refractivity contribution in [1.29, 1.82) is 0 Å². The first-order valence-electron chi connectivity index (χ1n) is 9.44. The molecular weight excluding hydrogens is 406 g/mol. The first-order valence-corrected chi connectivity index (χ1v) is 9.82. The van der Waals surface area contributed by atoms with Crippen molar-refractivity contribution in [2.45, 2.75) is 19.9 Å². The number of carbonyl (C=O) groups excluding carboxylic acids is 3. The molecule has 2 N–H and O–H groups in total. The molecule has 0 fully saturated rings. The zero-order valence-electron chi connectivity index (χ0n) is 16.5. The van der Waals surface area contributed by atoms with Gasteiger partial charge in [-0.2, -0.15) is 0 Å². The van der Waals surface area contributed by atoms with E-state index in [-0.39, 0.29) is 13.2 Å². The summed E-state index contributed by atoms with van der Waals surface area (Å²) in [6.07, 6.45) is 0.